The third-order valence-electron chi connectivity index (χ3n) is 12.7. The van der Waals surface area contributed by atoms with Crippen LogP contribution in [0.2, 0.25) is 0 Å². The van der Waals surface area contributed by atoms with Gasteiger partial charge in [0.25, 0.3) is 0 Å². The third kappa shape index (κ3) is 8.48. The first-order valence-corrected chi connectivity index (χ1v) is 23.4. The molecule has 0 spiro atoms. The van der Waals surface area contributed by atoms with E-state index < -0.39 is 0 Å². The Hall–Kier alpha value is -6.66. The number of aromatic nitrogens is 4. The van der Waals surface area contributed by atoms with Crippen LogP contribution in [0, 0.1) is 12.1 Å². The van der Waals surface area contributed by atoms with Crippen molar-refractivity contribution in [3.63, 3.8) is 0 Å². The van der Waals surface area contributed by atoms with E-state index in [0.717, 1.165) is 72.0 Å². The number of oxazole rings is 1. The van der Waals surface area contributed by atoms with Crippen LogP contribution in [0.15, 0.2) is 155 Å². The molecule has 0 aliphatic carbocycles. The van der Waals surface area contributed by atoms with Gasteiger partial charge in [-0.05, 0) is 91.9 Å². The molecule has 0 aliphatic heterocycles. The van der Waals surface area contributed by atoms with E-state index in [-0.39, 0.29) is 42.8 Å². The molecule has 0 fully saturated rings. The summed E-state index contributed by atoms with van der Waals surface area (Å²) in [5.41, 5.74) is 14.9. The molecule has 11 rings (SSSR count). The topological polar surface area (TPSA) is 69.9 Å². The van der Waals surface area contributed by atoms with Crippen LogP contribution in [0.25, 0.3) is 94.3 Å². The number of fused-ring (bicyclic) bond motifs is 8. The maximum absolute atomic E-state index is 6.78. The largest absolute Gasteiger partial charge is 0.500 e. The van der Waals surface area contributed by atoms with Gasteiger partial charge in [-0.25, -0.2) is 0 Å². The zero-order chi connectivity index (χ0) is 46.8. The van der Waals surface area contributed by atoms with Gasteiger partial charge in [-0.3, -0.25) is 9.97 Å². The first kappa shape index (κ1) is 46.4. The number of benzene rings is 7. The second-order valence-electron chi connectivity index (χ2n) is 20.3. The van der Waals surface area contributed by atoms with E-state index in [1.165, 1.54) is 27.8 Å². The van der Waals surface area contributed by atoms with Gasteiger partial charge in [-0.1, -0.05) is 166 Å². The smallest absolute Gasteiger partial charge is 0.189 e. The Morgan fingerprint density at radius 3 is 1.99 bits per heavy atom. The molecule has 0 unspecified atom stereocenters. The molecule has 0 bridgehead atoms. The molecule has 343 valence electrons. The SMILES string of the molecule is CC(C)(C)c1ccnc(-c2[c-]cccc2)c1.CC(C)c1cc(-c2ccccc2)cc(C(C)C)c1-n1c(-c2[c-]c3oc(C(C)(C)C)nc3c3c2oc2ccccc23)nc2ccc3ccccc3c21.[Ir]. The van der Waals surface area contributed by atoms with E-state index >= 15 is 0 Å². The first-order valence-electron chi connectivity index (χ1n) is 23.4. The van der Waals surface area contributed by atoms with E-state index in [4.69, 9.17) is 18.8 Å². The average molecular weight is 1070 g/mol. The van der Waals surface area contributed by atoms with Gasteiger partial charge in [-0.15, -0.1) is 35.9 Å². The molecule has 0 aliphatic rings. The number of hydrogen-bond acceptors (Lipinski definition) is 5. The van der Waals surface area contributed by atoms with E-state index in [2.05, 4.69) is 188 Å². The van der Waals surface area contributed by atoms with Crippen LogP contribution in [0.1, 0.15) is 104 Å². The van der Waals surface area contributed by atoms with Gasteiger partial charge < -0.3 is 18.4 Å². The molecule has 0 saturated heterocycles. The van der Waals surface area contributed by atoms with Crippen molar-refractivity contribution in [2.24, 2.45) is 0 Å². The van der Waals surface area contributed by atoms with Gasteiger partial charge in [0.1, 0.15) is 5.58 Å². The van der Waals surface area contributed by atoms with Crippen LogP contribution in [-0.4, -0.2) is 19.5 Å². The number of imidazole rings is 1. The van der Waals surface area contributed by atoms with Gasteiger partial charge in [0.05, 0.1) is 28.0 Å². The Balaban J connectivity index is 0.000000289. The molecule has 11 aromatic rings. The molecule has 4 heterocycles. The Morgan fingerprint density at radius 2 is 1.31 bits per heavy atom. The molecular formula is C61H56IrN4O2-2. The van der Waals surface area contributed by atoms with Crippen LogP contribution >= 0.6 is 0 Å². The molecule has 4 aromatic heterocycles. The molecule has 1 radical (unpaired) electrons. The quantitative estimate of drug-likeness (QED) is 0.155. The molecule has 68 heavy (non-hydrogen) atoms. The van der Waals surface area contributed by atoms with Gasteiger partial charge >= 0.3 is 0 Å². The van der Waals surface area contributed by atoms with Crippen molar-refractivity contribution >= 4 is 54.8 Å². The first-order chi connectivity index (χ1) is 32.2. The molecule has 0 atom stereocenters. The van der Waals surface area contributed by atoms with Crippen molar-refractivity contribution < 1.29 is 28.9 Å². The summed E-state index contributed by atoms with van der Waals surface area (Å²) in [5, 5.41) is 4.22. The minimum Gasteiger partial charge on any atom is -0.500 e. The van der Waals surface area contributed by atoms with Crippen molar-refractivity contribution in [2.75, 3.05) is 0 Å². The fourth-order valence-electron chi connectivity index (χ4n) is 9.12. The summed E-state index contributed by atoms with van der Waals surface area (Å²) in [5.74, 6) is 1.88. The van der Waals surface area contributed by atoms with Crippen LogP contribution in [0.5, 0.6) is 0 Å². The van der Waals surface area contributed by atoms with Crippen LogP contribution in [0.3, 0.4) is 0 Å². The number of pyridine rings is 1. The van der Waals surface area contributed by atoms with Crippen molar-refractivity contribution in [3.8, 4) is 39.5 Å². The summed E-state index contributed by atoms with van der Waals surface area (Å²) in [6.07, 6.45) is 1.87. The number of furan rings is 1. The summed E-state index contributed by atoms with van der Waals surface area (Å²) >= 11 is 0. The molecule has 6 nitrogen and oxygen atoms in total. The zero-order valence-electron chi connectivity index (χ0n) is 40.4. The molecule has 0 saturated carbocycles. The summed E-state index contributed by atoms with van der Waals surface area (Å²) in [7, 11) is 0. The molecular weight excluding hydrogens is 1010 g/mol. The number of hydrogen-bond donors (Lipinski definition) is 0. The maximum Gasteiger partial charge on any atom is 0.189 e. The van der Waals surface area contributed by atoms with Gasteiger partial charge in [0.2, 0.25) is 0 Å². The molecule has 7 heteroatoms. The van der Waals surface area contributed by atoms with Gasteiger partial charge in [0.15, 0.2) is 5.89 Å². The van der Waals surface area contributed by atoms with Gasteiger partial charge in [0, 0.05) is 53.7 Å². The molecule has 0 amide bonds. The Kier molecular flexibility index (Phi) is 12.4. The number of nitrogens with zero attached hydrogens (tertiary/aromatic N) is 4. The van der Waals surface area contributed by atoms with Crippen molar-refractivity contribution in [3.05, 3.63) is 180 Å². The Morgan fingerprint density at radius 1 is 0.632 bits per heavy atom. The minimum absolute atomic E-state index is 0. The van der Waals surface area contributed by atoms with E-state index in [1.54, 1.807) is 0 Å². The third-order valence-corrected chi connectivity index (χ3v) is 12.7. The summed E-state index contributed by atoms with van der Waals surface area (Å²) in [6, 6.07) is 55.5. The second-order valence-corrected chi connectivity index (χ2v) is 20.3. The minimum atomic E-state index is -0.288. The fourth-order valence-corrected chi connectivity index (χ4v) is 9.12. The number of rotatable bonds is 6. The molecule has 7 aromatic carbocycles. The average Bonchev–Trinajstić information content (AvgIpc) is 4.05. The van der Waals surface area contributed by atoms with E-state index in [1.807, 2.05) is 48.7 Å². The maximum atomic E-state index is 6.78. The standard InChI is InChI=1S/C46H40N3O2.C15H16N.Ir/c1-26(2)33-23-30(28-15-9-8-10-16-28)24-34(27(3)4)41(33)49-42-31-18-12-11-17-29(31)21-22-36(42)47-44(49)35-25-38-40(48-45(51-38)46(5,6)7)39-32-19-13-14-20-37(32)50-43(35)39;1-15(2,3)13-9-10-16-14(11-13)12-7-5-4-6-8-12;/h8-24,26-27H,1-7H3;4-7,9-11H,1-3H3;/q2*-1;. The predicted octanol–water partition coefficient (Wildman–Crippen LogP) is 16.7. The van der Waals surface area contributed by atoms with Crippen molar-refractivity contribution in [2.45, 2.75) is 91.9 Å². The number of para-hydroxylation sites is 1. The molecule has 0 N–H and O–H groups in total. The second kappa shape index (κ2) is 18.1. The van der Waals surface area contributed by atoms with Crippen molar-refractivity contribution in [1.82, 2.24) is 19.5 Å². The van der Waals surface area contributed by atoms with Crippen molar-refractivity contribution in [1.29, 1.82) is 0 Å². The Labute approximate surface area is 412 Å². The van der Waals surface area contributed by atoms with Crippen LogP contribution in [-0.2, 0) is 30.9 Å². The predicted molar refractivity (Wildman–Crippen MR) is 277 cm³/mol. The fraction of sp³-hybridized carbons (Fsp3) is 0.230. The van der Waals surface area contributed by atoms with E-state index in [9.17, 15) is 0 Å². The zero-order valence-corrected chi connectivity index (χ0v) is 42.8. The normalized spacial score (nSPS) is 12.1. The Bertz CT molecular complexity index is 3570. The van der Waals surface area contributed by atoms with E-state index in [0.29, 0.717) is 17.1 Å². The van der Waals surface area contributed by atoms with Crippen LogP contribution in [0.4, 0.5) is 0 Å². The monoisotopic (exact) mass is 1070 g/mol. The van der Waals surface area contributed by atoms with Crippen LogP contribution < -0.4 is 0 Å². The summed E-state index contributed by atoms with van der Waals surface area (Å²) < 4.78 is 15.7. The summed E-state index contributed by atoms with van der Waals surface area (Å²) in [4.78, 5) is 14.9. The summed E-state index contributed by atoms with van der Waals surface area (Å²) in [6.45, 7) is 22.1. The van der Waals surface area contributed by atoms with Gasteiger partial charge in [-0.2, -0.15) is 0 Å².